The summed E-state index contributed by atoms with van der Waals surface area (Å²) in [6, 6.07) is 14.4. The molecule has 1 amide bonds. The first-order valence-electron chi connectivity index (χ1n) is 8.04. The normalized spacial score (nSPS) is 16.7. The zero-order chi connectivity index (χ0) is 17.8. The first-order valence-corrected chi connectivity index (χ1v) is 9.29. The third kappa shape index (κ3) is 4.17. The van der Waals surface area contributed by atoms with Gasteiger partial charge in [-0.2, -0.15) is 0 Å². The van der Waals surface area contributed by atoms with Crippen molar-refractivity contribution in [1.82, 2.24) is 0 Å². The van der Waals surface area contributed by atoms with Crippen molar-refractivity contribution in [1.29, 1.82) is 0 Å². The van der Waals surface area contributed by atoms with Crippen molar-refractivity contribution in [2.24, 2.45) is 0 Å². The van der Waals surface area contributed by atoms with Gasteiger partial charge in [0.2, 0.25) is 0 Å². The number of carbonyl (C=O) groups excluding carboxylic acids is 2. The van der Waals surface area contributed by atoms with Crippen LogP contribution in [-0.2, 0) is 9.53 Å². The molecular formula is C19H18ClNO3S. The molecule has 0 N–H and O–H groups in total. The maximum absolute atomic E-state index is 12.6. The number of thioether (sulfide) groups is 1. The minimum Gasteiger partial charge on any atom is -0.452 e. The second kappa shape index (κ2) is 7.93. The number of rotatable bonds is 3. The molecule has 2 aromatic rings. The second-order valence-corrected chi connectivity index (χ2v) is 7.67. The fourth-order valence-electron chi connectivity index (χ4n) is 2.66. The number of nitrogens with zero attached hydrogens (tertiary/aromatic N) is 1. The smallest absolute Gasteiger partial charge is 0.340 e. The van der Waals surface area contributed by atoms with Crippen molar-refractivity contribution in [3.05, 3.63) is 59.1 Å². The van der Waals surface area contributed by atoms with Gasteiger partial charge in [-0.05, 0) is 30.7 Å². The van der Waals surface area contributed by atoms with E-state index in [1.54, 1.807) is 40.9 Å². The summed E-state index contributed by atoms with van der Waals surface area (Å²) in [6.45, 7) is 2.44. The van der Waals surface area contributed by atoms with Gasteiger partial charge in [0.1, 0.15) is 0 Å². The Labute approximate surface area is 156 Å². The summed E-state index contributed by atoms with van der Waals surface area (Å²) in [6.07, 6.45) is 0.879. The van der Waals surface area contributed by atoms with Crippen LogP contribution >= 0.6 is 23.4 Å². The van der Waals surface area contributed by atoms with Crippen LogP contribution < -0.4 is 4.90 Å². The lowest BCUT2D eigenvalue weighted by molar-refractivity contribution is -0.121. The molecule has 6 heteroatoms. The van der Waals surface area contributed by atoms with E-state index in [0.29, 0.717) is 16.8 Å². The number of anilines is 1. The van der Waals surface area contributed by atoms with Gasteiger partial charge in [-0.25, -0.2) is 4.79 Å². The zero-order valence-corrected chi connectivity index (χ0v) is 15.3. The SMILES string of the molecule is C[C@H]1CCN(C(=O)COC(=O)c2ccccc2Cl)c2ccccc2S1. The van der Waals surface area contributed by atoms with Gasteiger partial charge in [-0.15, -0.1) is 11.8 Å². The molecule has 0 radical (unpaired) electrons. The van der Waals surface area contributed by atoms with Crippen LogP contribution in [0.2, 0.25) is 5.02 Å². The van der Waals surface area contributed by atoms with Crippen molar-refractivity contribution in [3.8, 4) is 0 Å². The van der Waals surface area contributed by atoms with Crippen LogP contribution in [0.1, 0.15) is 23.7 Å². The third-order valence-corrected chi connectivity index (χ3v) is 5.53. The van der Waals surface area contributed by atoms with E-state index < -0.39 is 5.97 Å². The highest BCUT2D eigenvalue weighted by Crippen LogP contribution is 2.37. The lowest BCUT2D eigenvalue weighted by Crippen LogP contribution is -2.35. The van der Waals surface area contributed by atoms with Crippen LogP contribution in [0, 0.1) is 0 Å². The Kier molecular flexibility index (Phi) is 5.66. The monoisotopic (exact) mass is 375 g/mol. The molecule has 1 aliphatic rings. The maximum Gasteiger partial charge on any atom is 0.340 e. The molecule has 1 heterocycles. The number of carbonyl (C=O) groups is 2. The molecular weight excluding hydrogens is 358 g/mol. The quantitative estimate of drug-likeness (QED) is 0.745. The van der Waals surface area contributed by atoms with Crippen molar-refractivity contribution in [2.45, 2.75) is 23.5 Å². The minimum absolute atomic E-state index is 0.234. The van der Waals surface area contributed by atoms with Crippen LogP contribution in [0.15, 0.2) is 53.4 Å². The van der Waals surface area contributed by atoms with Crippen LogP contribution in [-0.4, -0.2) is 30.3 Å². The van der Waals surface area contributed by atoms with E-state index in [2.05, 4.69) is 6.92 Å². The fourth-order valence-corrected chi connectivity index (χ4v) is 3.98. The Morgan fingerprint density at radius 1 is 1.20 bits per heavy atom. The maximum atomic E-state index is 12.6. The molecule has 2 aromatic carbocycles. The van der Waals surface area contributed by atoms with Gasteiger partial charge in [0.15, 0.2) is 6.61 Å². The predicted octanol–water partition coefficient (Wildman–Crippen LogP) is 4.41. The summed E-state index contributed by atoms with van der Waals surface area (Å²) in [5.74, 6) is -0.827. The van der Waals surface area contributed by atoms with E-state index in [0.717, 1.165) is 17.0 Å². The van der Waals surface area contributed by atoms with Gasteiger partial charge >= 0.3 is 5.97 Å². The van der Waals surface area contributed by atoms with Gasteiger partial charge in [0.05, 0.1) is 16.3 Å². The summed E-state index contributed by atoms with van der Waals surface area (Å²) in [5, 5.41) is 0.731. The average Bonchev–Trinajstić information content (AvgIpc) is 2.78. The van der Waals surface area contributed by atoms with E-state index in [4.69, 9.17) is 16.3 Å². The number of amides is 1. The number of benzene rings is 2. The van der Waals surface area contributed by atoms with Crippen molar-refractivity contribution in [3.63, 3.8) is 0 Å². The van der Waals surface area contributed by atoms with Gasteiger partial charge in [0.25, 0.3) is 5.91 Å². The third-order valence-electron chi connectivity index (χ3n) is 3.96. The molecule has 4 nitrogen and oxygen atoms in total. The highest BCUT2D eigenvalue weighted by atomic mass is 35.5. The Balaban J connectivity index is 1.71. The first kappa shape index (κ1) is 17.8. The van der Waals surface area contributed by atoms with E-state index in [1.165, 1.54) is 0 Å². The standard InChI is InChI=1S/C19H18ClNO3S/c1-13-10-11-21(16-8-4-5-9-17(16)25-13)18(22)12-24-19(23)14-6-2-3-7-15(14)20/h2-9,13H,10-12H2,1H3/t13-/m0/s1. The molecule has 0 aliphatic carbocycles. The Hall–Kier alpha value is -1.98. The minimum atomic E-state index is -0.593. The lowest BCUT2D eigenvalue weighted by atomic mass is 10.2. The molecule has 25 heavy (non-hydrogen) atoms. The van der Waals surface area contributed by atoms with Gasteiger partial charge < -0.3 is 9.64 Å². The summed E-state index contributed by atoms with van der Waals surface area (Å²) >= 11 is 7.75. The number of hydrogen-bond donors (Lipinski definition) is 0. The second-order valence-electron chi connectivity index (χ2n) is 5.79. The molecule has 3 rings (SSSR count). The number of fused-ring (bicyclic) bond motifs is 1. The molecule has 130 valence electrons. The topological polar surface area (TPSA) is 46.6 Å². The van der Waals surface area contributed by atoms with E-state index in [-0.39, 0.29) is 18.1 Å². The lowest BCUT2D eigenvalue weighted by Gasteiger charge is -2.22. The van der Waals surface area contributed by atoms with Crippen molar-refractivity contribution in [2.75, 3.05) is 18.1 Å². The van der Waals surface area contributed by atoms with E-state index >= 15 is 0 Å². The largest absolute Gasteiger partial charge is 0.452 e. The van der Waals surface area contributed by atoms with Gasteiger partial charge in [0, 0.05) is 16.7 Å². The Bertz CT molecular complexity index is 796. The van der Waals surface area contributed by atoms with Crippen LogP contribution in [0.4, 0.5) is 5.69 Å². The van der Waals surface area contributed by atoms with E-state index in [9.17, 15) is 9.59 Å². The summed E-state index contributed by atoms with van der Waals surface area (Å²) < 4.78 is 5.19. The summed E-state index contributed by atoms with van der Waals surface area (Å²) in [7, 11) is 0. The number of para-hydroxylation sites is 1. The van der Waals surface area contributed by atoms with E-state index in [1.807, 2.05) is 24.3 Å². The molecule has 0 unspecified atom stereocenters. The Morgan fingerprint density at radius 2 is 1.92 bits per heavy atom. The van der Waals surface area contributed by atoms with Crippen LogP contribution in [0.25, 0.3) is 0 Å². The van der Waals surface area contributed by atoms with Crippen LogP contribution in [0.3, 0.4) is 0 Å². The number of esters is 1. The molecule has 0 aromatic heterocycles. The molecule has 1 aliphatic heterocycles. The zero-order valence-electron chi connectivity index (χ0n) is 13.8. The number of halogens is 1. The highest BCUT2D eigenvalue weighted by Gasteiger charge is 2.25. The molecule has 1 atom stereocenters. The molecule has 0 bridgehead atoms. The van der Waals surface area contributed by atoms with Crippen molar-refractivity contribution < 1.29 is 14.3 Å². The van der Waals surface area contributed by atoms with Gasteiger partial charge in [-0.3, -0.25) is 4.79 Å². The average molecular weight is 376 g/mol. The summed E-state index contributed by atoms with van der Waals surface area (Å²) in [5.41, 5.74) is 1.13. The first-order chi connectivity index (χ1) is 12.1. The van der Waals surface area contributed by atoms with Crippen molar-refractivity contribution >= 4 is 40.9 Å². The predicted molar refractivity (Wildman–Crippen MR) is 100 cm³/mol. The summed E-state index contributed by atoms with van der Waals surface area (Å²) in [4.78, 5) is 27.6. The molecule has 0 saturated carbocycles. The van der Waals surface area contributed by atoms with Crippen LogP contribution in [0.5, 0.6) is 0 Å². The Morgan fingerprint density at radius 3 is 2.72 bits per heavy atom. The molecule has 0 fully saturated rings. The molecule has 0 saturated heterocycles. The highest BCUT2D eigenvalue weighted by molar-refractivity contribution is 8.00. The number of ether oxygens (including phenoxy) is 1. The van der Waals surface area contributed by atoms with Gasteiger partial charge in [-0.1, -0.05) is 42.8 Å². The fraction of sp³-hybridized carbons (Fsp3) is 0.263. The molecule has 0 spiro atoms. The number of hydrogen-bond acceptors (Lipinski definition) is 4.